The van der Waals surface area contributed by atoms with Gasteiger partial charge in [-0.25, -0.2) is 4.98 Å². The lowest BCUT2D eigenvalue weighted by Crippen LogP contribution is -1.97. The van der Waals surface area contributed by atoms with E-state index in [1.54, 1.807) is 0 Å². The highest BCUT2D eigenvalue weighted by Crippen LogP contribution is 2.50. The van der Waals surface area contributed by atoms with Crippen LogP contribution in [0.15, 0.2) is 211 Å². The topological polar surface area (TPSA) is 40.2 Å². The van der Waals surface area contributed by atoms with Crippen molar-refractivity contribution >= 4 is 33.0 Å². The number of benzene rings is 9. The molecule has 276 valence electrons. The van der Waals surface area contributed by atoms with Gasteiger partial charge in [0, 0.05) is 33.2 Å². The highest BCUT2D eigenvalue weighted by Gasteiger charge is 2.24. The molecular formula is C55H34N2O2. The van der Waals surface area contributed by atoms with Crippen LogP contribution in [0.2, 0.25) is 0 Å². The third-order valence-electron chi connectivity index (χ3n) is 11.7. The molecule has 4 heteroatoms. The molecule has 59 heavy (non-hydrogen) atoms. The highest BCUT2D eigenvalue weighted by atomic mass is 16.5. The predicted molar refractivity (Wildman–Crippen MR) is 241 cm³/mol. The largest absolute Gasteiger partial charge is 0.456 e. The van der Waals surface area contributed by atoms with E-state index >= 15 is 0 Å². The van der Waals surface area contributed by atoms with Crippen molar-refractivity contribution in [2.75, 3.05) is 0 Å². The molecule has 0 bridgehead atoms. The summed E-state index contributed by atoms with van der Waals surface area (Å²) in [6.07, 6.45) is 0. The summed E-state index contributed by atoms with van der Waals surface area (Å²) >= 11 is 0. The average Bonchev–Trinajstić information content (AvgIpc) is 3.87. The number of furan rings is 1. The Morgan fingerprint density at radius 3 is 1.71 bits per heavy atom. The SMILES string of the molecule is c1ccc(-c2nc3cc(-c4ccc5c(c4)-c4cc6oc7ccccc7c6cc4Oc4ccccc4-c4ccccc4-c4ccccc4-5)ccc3n2-c2ccccc2)cc1. The Labute approximate surface area is 340 Å². The number of aromatic nitrogens is 2. The average molecular weight is 755 g/mol. The fourth-order valence-corrected chi connectivity index (χ4v) is 8.91. The summed E-state index contributed by atoms with van der Waals surface area (Å²) in [5.74, 6) is 2.46. The summed E-state index contributed by atoms with van der Waals surface area (Å²) in [6, 6.07) is 72.6. The summed E-state index contributed by atoms with van der Waals surface area (Å²) in [5, 5.41) is 2.07. The summed E-state index contributed by atoms with van der Waals surface area (Å²) in [7, 11) is 0. The maximum Gasteiger partial charge on any atom is 0.145 e. The normalized spacial score (nSPS) is 11.9. The molecule has 0 radical (unpaired) electrons. The molecule has 11 aromatic rings. The number of hydrogen-bond donors (Lipinski definition) is 0. The van der Waals surface area contributed by atoms with Gasteiger partial charge < -0.3 is 9.15 Å². The van der Waals surface area contributed by atoms with Gasteiger partial charge in [0.2, 0.25) is 0 Å². The molecule has 3 heterocycles. The second-order valence-corrected chi connectivity index (χ2v) is 15.1. The van der Waals surface area contributed by atoms with E-state index in [0.29, 0.717) is 0 Å². The zero-order valence-electron chi connectivity index (χ0n) is 31.8. The Balaban J connectivity index is 1.13. The summed E-state index contributed by atoms with van der Waals surface area (Å²) in [4.78, 5) is 5.29. The Bertz CT molecular complexity index is 3410. The van der Waals surface area contributed by atoms with Crippen LogP contribution in [0, 0.1) is 0 Å². The minimum absolute atomic E-state index is 0.760. The molecule has 0 amide bonds. The lowest BCUT2D eigenvalue weighted by Gasteiger charge is -2.18. The lowest BCUT2D eigenvalue weighted by molar-refractivity contribution is 0.487. The Kier molecular flexibility index (Phi) is 7.50. The fraction of sp³-hybridized carbons (Fsp3) is 0. The maximum absolute atomic E-state index is 7.16. The second-order valence-electron chi connectivity index (χ2n) is 15.1. The molecule has 0 N–H and O–H groups in total. The Morgan fingerprint density at radius 2 is 0.949 bits per heavy atom. The molecule has 12 rings (SSSR count). The van der Waals surface area contributed by atoms with E-state index in [1.165, 1.54) is 0 Å². The number of nitrogens with zero attached hydrogens (tertiary/aromatic N) is 2. The lowest BCUT2D eigenvalue weighted by atomic mass is 9.85. The van der Waals surface area contributed by atoms with Crippen molar-refractivity contribution in [1.29, 1.82) is 0 Å². The zero-order chi connectivity index (χ0) is 38.9. The van der Waals surface area contributed by atoms with Gasteiger partial charge in [-0.05, 0) is 99.1 Å². The molecule has 4 nitrogen and oxygen atoms in total. The molecule has 0 atom stereocenters. The first kappa shape index (κ1) is 33.2. The minimum Gasteiger partial charge on any atom is -0.456 e. The molecule has 9 aromatic carbocycles. The van der Waals surface area contributed by atoms with Gasteiger partial charge in [0.1, 0.15) is 28.5 Å². The molecule has 0 saturated heterocycles. The van der Waals surface area contributed by atoms with Crippen molar-refractivity contribution in [3.63, 3.8) is 0 Å². The van der Waals surface area contributed by atoms with E-state index in [9.17, 15) is 0 Å². The number of imidazole rings is 1. The van der Waals surface area contributed by atoms with Gasteiger partial charge in [-0.15, -0.1) is 0 Å². The van der Waals surface area contributed by atoms with E-state index in [2.05, 4.69) is 180 Å². The molecule has 2 aromatic heterocycles. The smallest absolute Gasteiger partial charge is 0.145 e. The van der Waals surface area contributed by atoms with Gasteiger partial charge in [-0.3, -0.25) is 4.57 Å². The van der Waals surface area contributed by atoms with Crippen molar-refractivity contribution in [2.45, 2.75) is 0 Å². The Morgan fingerprint density at radius 1 is 0.356 bits per heavy atom. The first-order chi connectivity index (χ1) is 29.2. The van der Waals surface area contributed by atoms with Crippen molar-refractivity contribution in [2.24, 2.45) is 0 Å². The van der Waals surface area contributed by atoms with E-state index in [0.717, 1.165) is 117 Å². The second kappa shape index (κ2) is 13.3. The van der Waals surface area contributed by atoms with Crippen molar-refractivity contribution in [1.82, 2.24) is 9.55 Å². The standard InChI is InChI=1S/C55H34N2O2/c1-3-15-35(16-4-1)55-56-49-32-37(28-30-50(49)57(55)38-17-5-2-6-18-38)36-27-29-43-41-21-8-7-19-39(41)40-20-9-10-22-42(40)44-23-11-13-25-51(44)58-54-33-47-45-24-12-14-26-52(45)59-53(47)34-48(54)46(43)31-36/h1-34H. The van der Waals surface area contributed by atoms with Gasteiger partial charge in [-0.1, -0.05) is 152 Å². The zero-order valence-corrected chi connectivity index (χ0v) is 31.8. The van der Waals surface area contributed by atoms with E-state index in [1.807, 2.05) is 30.3 Å². The fourth-order valence-electron chi connectivity index (χ4n) is 8.91. The van der Waals surface area contributed by atoms with Crippen LogP contribution in [-0.2, 0) is 0 Å². The highest BCUT2D eigenvalue weighted by molar-refractivity contribution is 6.08. The number of para-hydroxylation sites is 3. The number of rotatable bonds is 3. The van der Waals surface area contributed by atoms with Gasteiger partial charge in [0.05, 0.1) is 11.0 Å². The monoisotopic (exact) mass is 754 g/mol. The van der Waals surface area contributed by atoms with Gasteiger partial charge in [0.25, 0.3) is 0 Å². The number of hydrogen-bond acceptors (Lipinski definition) is 3. The molecule has 0 unspecified atom stereocenters. The number of fused-ring (bicyclic) bond motifs is 13. The maximum atomic E-state index is 7.16. The molecule has 0 saturated carbocycles. The predicted octanol–water partition coefficient (Wildman–Crippen LogP) is 15.0. The summed E-state index contributed by atoms with van der Waals surface area (Å²) in [6.45, 7) is 0. The first-order valence-electron chi connectivity index (χ1n) is 19.9. The summed E-state index contributed by atoms with van der Waals surface area (Å²) < 4.78 is 16.0. The van der Waals surface area contributed by atoms with E-state index in [4.69, 9.17) is 14.1 Å². The van der Waals surface area contributed by atoms with E-state index in [-0.39, 0.29) is 0 Å². The van der Waals surface area contributed by atoms with Crippen LogP contribution in [0.25, 0.3) is 106 Å². The Hall–Kier alpha value is -7.95. The molecule has 1 aliphatic heterocycles. The van der Waals surface area contributed by atoms with Gasteiger partial charge >= 0.3 is 0 Å². The van der Waals surface area contributed by atoms with Crippen LogP contribution >= 0.6 is 0 Å². The minimum atomic E-state index is 0.760. The van der Waals surface area contributed by atoms with Crippen molar-refractivity contribution in [3.05, 3.63) is 206 Å². The van der Waals surface area contributed by atoms with Crippen LogP contribution in [0.3, 0.4) is 0 Å². The first-order valence-corrected chi connectivity index (χ1v) is 19.9. The van der Waals surface area contributed by atoms with Crippen LogP contribution in [-0.4, -0.2) is 9.55 Å². The summed E-state index contributed by atoms with van der Waals surface area (Å²) in [5.41, 5.74) is 16.6. The molecule has 0 aliphatic carbocycles. The van der Waals surface area contributed by atoms with Crippen LogP contribution in [0.5, 0.6) is 11.5 Å². The van der Waals surface area contributed by atoms with Gasteiger partial charge in [0.15, 0.2) is 0 Å². The molecule has 0 spiro atoms. The molecule has 0 fully saturated rings. The molecule has 1 aliphatic rings. The number of ether oxygens (including phenoxy) is 1. The van der Waals surface area contributed by atoms with Crippen LogP contribution in [0.4, 0.5) is 0 Å². The quantitative estimate of drug-likeness (QED) is 0.180. The van der Waals surface area contributed by atoms with Crippen molar-refractivity contribution in [3.8, 4) is 84.2 Å². The van der Waals surface area contributed by atoms with Gasteiger partial charge in [-0.2, -0.15) is 0 Å². The van der Waals surface area contributed by atoms with Crippen LogP contribution < -0.4 is 4.74 Å². The van der Waals surface area contributed by atoms with E-state index < -0.39 is 0 Å². The van der Waals surface area contributed by atoms with Crippen molar-refractivity contribution < 1.29 is 9.15 Å². The molecular weight excluding hydrogens is 721 g/mol. The third kappa shape index (κ3) is 5.42. The van der Waals surface area contributed by atoms with Crippen LogP contribution in [0.1, 0.15) is 0 Å². The third-order valence-corrected chi connectivity index (χ3v) is 11.7.